The molecule has 0 radical (unpaired) electrons. The molecule has 1 aliphatic carbocycles. The van der Waals surface area contributed by atoms with E-state index in [1.807, 2.05) is 12.1 Å². The molecule has 10 heteroatoms. The van der Waals surface area contributed by atoms with Crippen molar-refractivity contribution >= 4 is 11.8 Å². The molecule has 1 fully saturated rings. The molecule has 1 unspecified atom stereocenters. The fourth-order valence-corrected chi connectivity index (χ4v) is 4.70. The van der Waals surface area contributed by atoms with Crippen LogP contribution in [0.4, 0.5) is 4.39 Å². The van der Waals surface area contributed by atoms with Crippen LogP contribution in [-0.4, -0.2) is 77.9 Å². The number of rotatable bonds is 3. The van der Waals surface area contributed by atoms with Crippen LogP contribution in [0.5, 0.6) is 5.75 Å². The summed E-state index contributed by atoms with van der Waals surface area (Å²) >= 11 is 0. The molecule has 0 spiro atoms. The van der Waals surface area contributed by atoms with Gasteiger partial charge in [-0.3, -0.25) is 19.9 Å². The fourth-order valence-electron chi connectivity index (χ4n) is 4.70. The number of aryl methyl sites for hydroxylation is 1. The van der Waals surface area contributed by atoms with Crippen molar-refractivity contribution in [3.05, 3.63) is 59.7 Å². The lowest BCUT2D eigenvalue weighted by Gasteiger charge is -2.34. The molecule has 0 bridgehead atoms. The van der Waals surface area contributed by atoms with Gasteiger partial charge >= 0.3 is 0 Å². The highest BCUT2D eigenvalue weighted by molar-refractivity contribution is 5.83. The molecule has 9 nitrogen and oxygen atoms in total. The van der Waals surface area contributed by atoms with Crippen LogP contribution in [0.1, 0.15) is 37.3 Å². The number of nitrogens with one attached hydrogen (secondary N) is 3. The first-order chi connectivity index (χ1) is 18.3. The van der Waals surface area contributed by atoms with Crippen LogP contribution >= 0.6 is 0 Å². The summed E-state index contributed by atoms with van der Waals surface area (Å²) < 4.78 is 19.8. The number of ether oxygens (including phenoxy) is 1. The number of carbonyl (C=O) groups is 2. The number of hydrogen-bond acceptors (Lipinski definition) is 7. The summed E-state index contributed by atoms with van der Waals surface area (Å²) in [5.74, 6) is -0.0559. The summed E-state index contributed by atoms with van der Waals surface area (Å²) in [6, 6.07) is 6.43. The zero-order valence-corrected chi connectivity index (χ0v) is 22.0. The van der Waals surface area contributed by atoms with Gasteiger partial charge in [0, 0.05) is 38.6 Å². The average Bonchev–Trinajstić information content (AvgIpc) is 3.75. The van der Waals surface area contributed by atoms with Crippen LogP contribution in [0, 0.1) is 11.7 Å². The third kappa shape index (κ3) is 7.49. The minimum atomic E-state index is -1.12. The number of aromatic nitrogens is 1. The van der Waals surface area contributed by atoms with E-state index < -0.39 is 24.4 Å². The smallest absolute Gasteiger partial charge is 0.240 e. The maximum Gasteiger partial charge on any atom is 0.240 e. The van der Waals surface area contributed by atoms with E-state index in [4.69, 9.17) is 4.74 Å². The van der Waals surface area contributed by atoms with Crippen LogP contribution in [0.25, 0.3) is 0 Å². The van der Waals surface area contributed by atoms with Gasteiger partial charge in [-0.1, -0.05) is 6.07 Å². The summed E-state index contributed by atoms with van der Waals surface area (Å²) in [4.78, 5) is 32.2. The van der Waals surface area contributed by atoms with Crippen molar-refractivity contribution in [1.82, 2.24) is 25.8 Å². The van der Waals surface area contributed by atoms with Crippen molar-refractivity contribution in [2.45, 2.75) is 63.4 Å². The molecule has 1 aromatic carbocycles. The minimum Gasteiger partial charge on any atom is -0.492 e. The van der Waals surface area contributed by atoms with Gasteiger partial charge in [0.1, 0.15) is 24.4 Å². The number of fused-ring (bicyclic) bond motifs is 1. The van der Waals surface area contributed by atoms with Crippen LogP contribution in [-0.2, 0) is 22.4 Å². The molecule has 4 atom stereocenters. The van der Waals surface area contributed by atoms with Gasteiger partial charge in [0.05, 0.1) is 18.1 Å². The summed E-state index contributed by atoms with van der Waals surface area (Å²) in [6.07, 6.45) is 5.68. The maximum atomic E-state index is 13.9. The second-order valence-corrected chi connectivity index (χ2v) is 10.2. The van der Waals surface area contributed by atoms with E-state index >= 15 is 0 Å². The van der Waals surface area contributed by atoms with E-state index in [0.29, 0.717) is 38.1 Å². The van der Waals surface area contributed by atoms with Crippen LogP contribution < -0.4 is 20.7 Å². The lowest BCUT2D eigenvalue weighted by molar-refractivity contribution is -0.137. The van der Waals surface area contributed by atoms with Gasteiger partial charge < -0.3 is 25.4 Å². The molecule has 4 rings (SSSR count). The average molecular weight is 528 g/mol. The summed E-state index contributed by atoms with van der Waals surface area (Å²) in [7, 11) is 1.67. The number of nitrogens with zero attached hydrogens (tertiary/aromatic N) is 2. The van der Waals surface area contributed by atoms with Gasteiger partial charge in [0.15, 0.2) is 0 Å². The predicted molar refractivity (Wildman–Crippen MR) is 141 cm³/mol. The molecule has 0 saturated heterocycles. The van der Waals surface area contributed by atoms with E-state index in [-0.39, 0.29) is 30.2 Å². The molecule has 4 N–H and O–H groups in total. The molecule has 2 aliphatic rings. The molecule has 2 heterocycles. The Morgan fingerprint density at radius 3 is 2.66 bits per heavy atom. The molecular weight excluding hydrogens is 489 g/mol. The molecule has 1 aliphatic heterocycles. The van der Waals surface area contributed by atoms with Crippen molar-refractivity contribution in [3.63, 3.8) is 0 Å². The van der Waals surface area contributed by atoms with Gasteiger partial charge in [-0.15, -0.1) is 0 Å². The number of halogens is 1. The van der Waals surface area contributed by atoms with E-state index in [1.54, 1.807) is 32.4 Å². The Labute approximate surface area is 223 Å². The van der Waals surface area contributed by atoms with Crippen molar-refractivity contribution in [2.24, 2.45) is 5.92 Å². The predicted octanol–water partition coefficient (Wildman–Crippen LogP) is 1.40. The zero-order valence-electron chi connectivity index (χ0n) is 22.0. The normalized spacial score (nSPS) is 26.5. The first-order valence-electron chi connectivity index (χ1n) is 13.4. The minimum absolute atomic E-state index is 0.122. The van der Waals surface area contributed by atoms with Gasteiger partial charge in [-0.2, -0.15) is 0 Å². The Morgan fingerprint density at radius 1 is 1.16 bits per heavy atom. The summed E-state index contributed by atoms with van der Waals surface area (Å²) in [5, 5.41) is 20.3. The van der Waals surface area contributed by atoms with Crippen molar-refractivity contribution < 1.29 is 23.8 Å². The molecule has 2 amide bonds. The summed E-state index contributed by atoms with van der Waals surface area (Å²) in [5.41, 5.74) is 1.75. The standard InChI is InChI=1S/C28H38FN5O4/c1-18-26(35)33-23(16-19-9-12-30-13-10-19)27(36)32-11-3-4-20-7-8-22(29)17-24(20)38-15-14-31-25(21-5-6-21)28(37)34(18)2/h7-10,12-13,17-18,21,23,25-26,31,33,35H,3-6,11,14-16H2,1-2H3,(H,32,36)/t18-,23-,25+,26?/m1/s1. The van der Waals surface area contributed by atoms with E-state index in [9.17, 15) is 19.1 Å². The fraction of sp³-hybridized carbons (Fsp3) is 0.536. The second-order valence-electron chi connectivity index (χ2n) is 10.2. The van der Waals surface area contributed by atoms with Gasteiger partial charge in [-0.05, 0) is 74.3 Å². The first kappa shape index (κ1) is 27.9. The van der Waals surface area contributed by atoms with Crippen LogP contribution in [0.15, 0.2) is 42.7 Å². The monoisotopic (exact) mass is 527 g/mol. The highest BCUT2D eigenvalue weighted by Gasteiger charge is 2.39. The number of pyridine rings is 1. The van der Waals surface area contributed by atoms with Crippen LogP contribution in [0.3, 0.4) is 0 Å². The largest absolute Gasteiger partial charge is 0.492 e. The third-order valence-electron chi connectivity index (χ3n) is 7.33. The molecular formula is C28H38FN5O4. The van der Waals surface area contributed by atoms with Crippen molar-refractivity contribution in [1.29, 1.82) is 0 Å². The molecule has 38 heavy (non-hydrogen) atoms. The van der Waals surface area contributed by atoms with Crippen molar-refractivity contribution in [3.8, 4) is 5.75 Å². The second kappa shape index (κ2) is 13.1. The number of likely N-dealkylation sites (N-methyl/N-ethyl adjacent to an activating group) is 1. The summed E-state index contributed by atoms with van der Waals surface area (Å²) in [6.45, 7) is 2.87. The topological polar surface area (TPSA) is 116 Å². The lowest BCUT2D eigenvalue weighted by atomic mass is 10.0. The van der Waals surface area contributed by atoms with Crippen molar-refractivity contribution in [2.75, 3.05) is 26.7 Å². The Hall–Kier alpha value is -3.08. The highest BCUT2D eigenvalue weighted by atomic mass is 19.1. The Balaban J connectivity index is 1.54. The number of aliphatic hydroxyl groups is 1. The molecule has 1 saturated carbocycles. The number of carbonyl (C=O) groups excluding carboxylic acids is 2. The van der Waals surface area contributed by atoms with E-state index in [1.165, 1.54) is 17.0 Å². The van der Waals surface area contributed by atoms with E-state index in [0.717, 1.165) is 24.0 Å². The van der Waals surface area contributed by atoms with Gasteiger partial charge in [-0.25, -0.2) is 4.39 Å². The van der Waals surface area contributed by atoms with Gasteiger partial charge in [0.2, 0.25) is 11.8 Å². The number of aliphatic hydroxyl groups excluding tert-OH is 1. The zero-order chi connectivity index (χ0) is 27.1. The first-order valence-corrected chi connectivity index (χ1v) is 13.4. The highest BCUT2D eigenvalue weighted by Crippen LogP contribution is 2.33. The van der Waals surface area contributed by atoms with Gasteiger partial charge in [0.25, 0.3) is 0 Å². The Morgan fingerprint density at radius 2 is 1.92 bits per heavy atom. The molecule has 1 aromatic heterocycles. The Bertz CT molecular complexity index is 1080. The number of benzene rings is 1. The maximum absolute atomic E-state index is 13.9. The quantitative estimate of drug-likeness (QED) is 0.477. The van der Waals surface area contributed by atoms with E-state index in [2.05, 4.69) is 20.9 Å². The number of hydrogen-bond donors (Lipinski definition) is 4. The lowest BCUT2D eigenvalue weighted by Crippen LogP contribution is -2.58. The number of amides is 2. The molecule has 2 aromatic rings. The SMILES string of the molecule is C[C@@H]1C(O)N[C@H](Cc2ccncc2)C(=O)NCCCc2ccc(F)cc2OCCN[C@@H](C2CC2)C(=O)N1C. The molecule has 206 valence electrons. The third-order valence-corrected chi connectivity index (χ3v) is 7.33. The van der Waals surface area contributed by atoms with Crippen LogP contribution in [0.2, 0.25) is 0 Å². The Kier molecular flexibility index (Phi) is 9.65.